The summed E-state index contributed by atoms with van der Waals surface area (Å²) in [4.78, 5) is 39.9. The standard InChI is InChI=1S/C22H18O6/c1-9-5-11(28-4)8-12-15(9)20(26)17-18(19(12)25)22(2,3)13-6-10(23)7-14(24)16(13)21(17)27/h5-8,23-24H,1-4H3. The Bertz CT molecular complexity index is 1150. The summed E-state index contributed by atoms with van der Waals surface area (Å²) in [7, 11) is 1.47. The van der Waals surface area contributed by atoms with Gasteiger partial charge in [0.2, 0.25) is 5.78 Å². The van der Waals surface area contributed by atoms with E-state index in [0.717, 1.165) is 6.07 Å². The second-order valence-corrected chi connectivity index (χ2v) is 7.62. The third-order valence-electron chi connectivity index (χ3n) is 5.58. The van der Waals surface area contributed by atoms with Gasteiger partial charge in [0.1, 0.15) is 17.2 Å². The first-order valence-corrected chi connectivity index (χ1v) is 8.73. The summed E-state index contributed by atoms with van der Waals surface area (Å²) in [5.41, 5.74) is -0.0778. The number of benzene rings is 2. The average molecular weight is 378 g/mol. The number of phenolic OH excluding ortho intramolecular Hbond substituents is 2. The van der Waals surface area contributed by atoms with Gasteiger partial charge in [-0.15, -0.1) is 0 Å². The van der Waals surface area contributed by atoms with Crippen molar-refractivity contribution in [3.05, 3.63) is 63.2 Å². The molecular weight excluding hydrogens is 360 g/mol. The quantitative estimate of drug-likeness (QED) is 0.739. The monoisotopic (exact) mass is 378 g/mol. The number of ether oxygens (including phenoxy) is 1. The molecule has 0 saturated heterocycles. The van der Waals surface area contributed by atoms with Crippen molar-refractivity contribution in [1.82, 2.24) is 0 Å². The lowest BCUT2D eigenvalue weighted by Crippen LogP contribution is -2.40. The number of Topliss-reactive ketones (excluding diaryl/α,β-unsaturated/α-hetero) is 3. The van der Waals surface area contributed by atoms with Gasteiger partial charge in [0, 0.05) is 28.2 Å². The first-order valence-electron chi connectivity index (χ1n) is 8.73. The lowest BCUT2D eigenvalue weighted by Gasteiger charge is -2.38. The Hall–Kier alpha value is -3.41. The molecule has 0 unspecified atom stereocenters. The van der Waals surface area contributed by atoms with E-state index in [9.17, 15) is 24.6 Å². The van der Waals surface area contributed by atoms with Gasteiger partial charge in [-0.1, -0.05) is 13.8 Å². The van der Waals surface area contributed by atoms with Crippen molar-refractivity contribution in [1.29, 1.82) is 0 Å². The summed E-state index contributed by atoms with van der Waals surface area (Å²) in [6, 6.07) is 5.54. The van der Waals surface area contributed by atoms with Crippen LogP contribution in [0.5, 0.6) is 17.2 Å². The number of allylic oxidation sites excluding steroid dienone is 2. The van der Waals surface area contributed by atoms with Gasteiger partial charge in [0.25, 0.3) is 0 Å². The minimum atomic E-state index is -1.07. The van der Waals surface area contributed by atoms with Crippen LogP contribution in [0.3, 0.4) is 0 Å². The number of hydrogen-bond donors (Lipinski definition) is 2. The maximum atomic E-state index is 13.4. The largest absolute Gasteiger partial charge is 0.508 e. The Balaban J connectivity index is 2.07. The molecule has 0 spiro atoms. The van der Waals surface area contributed by atoms with Crippen LogP contribution in [0, 0.1) is 6.92 Å². The molecule has 6 heteroatoms. The molecule has 6 nitrogen and oxygen atoms in total. The molecule has 0 radical (unpaired) electrons. The summed E-state index contributed by atoms with van der Waals surface area (Å²) < 4.78 is 5.23. The predicted octanol–water partition coefficient (Wildman–Crippen LogP) is 3.26. The van der Waals surface area contributed by atoms with Gasteiger partial charge < -0.3 is 14.9 Å². The second-order valence-electron chi connectivity index (χ2n) is 7.62. The fourth-order valence-corrected chi connectivity index (χ4v) is 4.26. The molecule has 0 saturated carbocycles. The predicted molar refractivity (Wildman–Crippen MR) is 101 cm³/mol. The molecule has 2 aliphatic carbocycles. The van der Waals surface area contributed by atoms with E-state index in [0.29, 0.717) is 16.9 Å². The molecule has 0 heterocycles. The molecule has 0 aromatic heterocycles. The van der Waals surface area contributed by atoms with Crippen LogP contribution in [0.25, 0.3) is 0 Å². The van der Waals surface area contributed by atoms with Gasteiger partial charge in [0.15, 0.2) is 11.6 Å². The number of fused-ring (bicyclic) bond motifs is 2. The van der Waals surface area contributed by atoms with E-state index in [1.54, 1.807) is 26.8 Å². The highest BCUT2D eigenvalue weighted by Gasteiger charge is 2.49. The smallest absolute Gasteiger partial charge is 0.201 e. The van der Waals surface area contributed by atoms with Gasteiger partial charge in [-0.25, -0.2) is 0 Å². The Kier molecular flexibility index (Phi) is 3.56. The zero-order valence-electron chi connectivity index (χ0n) is 15.8. The SMILES string of the molecule is COc1cc(C)c2c(c1)C(=O)C1=C(C2=O)C(=O)c2c(O)cc(O)cc2C1(C)C. The van der Waals surface area contributed by atoms with Crippen molar-refractivity contribution in [2.24, 2.45) is 0 Å². The van der Waals surface area contributed by atoms with Crippen LogP contribution in [-0.2, 0) is 5.41 Å². The van der Waals surface area contributed by atoms with E-state index in [2.05, 4.69) is 0 Å². The van der Waals surface area contributed by atoms with Crippen LogP contribution in [-0.4, -0.2) is 34.7 Å². The van der Waals surface area contributed by atoms with Crippen molar-refractivity contribution >= 4 is 17.3 Å². The fraction of sp³-hybridized carbons (Fsp3) is 0.227. The lowest BCUT2D eigenvalue weighted by atomic mass is 9.62. The molecule has 2 aliphatic rings. The van der Waals surface area contributed by atoms with Gasteiger partial charge in [-0.2, -0.15) is 0 Å². The van der Waals surface area contributed by atoms with E-state index in [1.165, 1.54) is 19.2 Å². The first-order chi connectivity index (χ1) is 13.1. The number of carbonyl (C=O) groups excluding carboxylic acids is 3. The summed E-state index contributed by atoms with van der Waals surface area (Å²) in [6.07, 6.45) is 0. The van der Waals surface area contributed by atoms with Crippen LogP contribution < -0.4 is 4.74 Å². The van der Waals surface area contributed by atoms with E-state index >= 15 is 0 Å². The van der Waals surface area contributed by atoms with E-state index < -0.39 is 28.5 Å². The number of aromatic hydroxyl groups is 2. The number of phenols is 2. The molecule has 0 aliphatic heterocycles. The maximum absolute atomic E-state index is 13.4. The topological polar surface area (TPSA) is 101 Å². The maximum Gasteiger partial charge on any atom is 0.201 e. The summed E-state index contributed by atoms with van der Waals surface area (Å²) in [5.74, 6) is -1.89. The Labute approximate surface area is 161 Å². The number of aryl methyl sites for hydroxylation is 1. The second kappa shape index (κ2) is 5.55. The Morgan fingerprint density at radius 2 is 1.54 bits per heavy atom. The highest BCUT2D eigenvalue weighted by atomic mass is 16.5. The molecule has 0 atom stereocenters. The zero-order valence-corrected chi connectivity index (χ0v) is 15.8. The van der Waals surface area contributed by atoms with Crippen molar-refractivity contribution in [2.75, 3.05) is 7.11 Å². The minimum Gasteiger partial charge on any atom is -0.508 e. The van der Waals surface area contributed by atoms with Crippen molar-refractivity contribution in [2.45, 2.75) is 26.2 Å². The van der Waals surface area contributed by atoms with Gasteiger partial charge in [-0.05, 0) is 36.2 Å². The number of ketones is 3. The highest BCUT2D eigenvalue weighted by Crippen LogP contribution is 2.49. The van der Waals surface area contributed by atoms with Crippen LogP contribution in [0.1, 0.15) is 56.0 Å². The molecular formula is C22H18O6. The lowest BCUT2D eigenvalue weighted by molar-refractivity contribution is 0.0908. The number of methoxy groups -OCH3 is 1. The van der Waals surface area contributed by atoms with Crippen LogP contribution in [0.15, 0.2) is 35.4 Å². The van der Waals surface area contributed by atoms with Crippen molar-refractivity contribution in [3.8, 4) is 17.2 Å². The molecule has 2 aromatic carbocycles. The van der Waals surface area contributed by atoms with Gasteiger partial charge in [-0.3, -0.25) is 14.4 Å². The number of rotatable bonds is 1. The van der Waals surface area contributed by atoms with Crippen molar-refractivity contribution < 1.29 is 29.3 Å². The first kappa shape index (κ1) is 18.0. The third-order valence-corrected chi connectivity index (χ3v) is 5.58. The zero-order chi connectivity index (χ0) is 20.5. The molecule has 0 bridgehead atoms. The molecule has 4 rings (SSSR count). The van der Waals surface area contributed by atoms with Crippen LogP contribution in [0.4, 0.5) is 0 Å². The van der Waals surface area contributed by atoms with E-state index in [1.807, 2.05) is 0 Å². The summed E-state index contributed by atoms with van der Waals surface area (Å²) in [6.45, 7) is 5.06. The minimum absolute atomic E-state index is 0.0580. The highest BCUT2D eigenvalue weighted by molar-refractivity contribution is 6.41. The molecule has 0 fully saturated rings. The summed E-state index contributed by atoms with van der Waals surface area (Å²) >= 11 is 0. The summed E-state index contributed by atoms with van der Waals surface area (Å²) in [5, 5.41) is 20.2. The van der Waals surface area contributed by atoms with Gasteiger partial charge in [0.05, 0.1) is 18.2 Å². The third kappa shape index (κ3) is 2.11. The fourth-order valence-electron chi connectivity index (χ4n) is 4.26. The van der Waals surface area contributed by atoms with Crippen LogP contribution in [0.2, 0.25) is 0 Å². The van der Waals surface area contributed by atoms with E-state index in [-0.39, 0.29) is 33.6 Å². The normalized spacial score (nSPS) is 17.2. The molecule has 2 aromatic rings. The van der Waals surface area contributed by atoms with Crippen molar-refractivity contribution in [3.63, 3.8) is 0 Å². The van der Waals surface area contributed by atoms with Crippen LogP contribution >= 0.6 is 0 Å². The number of carbonyl (C=O) groups is 3. The average Bonchev–Trinajstić information content (AvgIpc) is 2.61. The molecule has 28 heavy (non-hydrogen) atoms. The van der Waals surface area contributed by atoms with Gasteiger partial charge >= 0.3 is 0 Å². The molecule has 2 N–H and O–H groups in total. The Morgan fingerprint density at radius 1 is 0.893 bits per heavy atom. The molecule has 0 amide bonds. The number of hydrogen-bond acceptors (Lipinski definition) is 6. The van der Waals surface area contributed by atoms with E-state index in [4.69, 9.17) is 4.74 Å². The molecule has 142 valence electrons. The Morgan fingerprint density at radius 3 is 2.18 bits per heavy atom.